The number of carboxylic acid groups (broad SMARTS) is 1. The molecule has 3 aliphatic rings. The van der Waals surface area contributed by atoms with Gasteiger partial charge in [0.1, 0.15) is 0 Å². The monoisotopic (exact) mass is 180 g/mol. The van der Waals surface area contributed by atoms with Crippen molar-refractivity contribution in [3.8, 4) is 0 Å². The van der Waals surface area contributed by atoms with E-state index >= 15 is 0 Å². The van der Waals surface area contributed by atoms with Crippen LogP contribution in [0.2, 0.25) is 0 Å². The summed E-state index contributed by atoms with van der Waals surface area (Å²) in [5.41, 5.74) is 0.272. The summed E-state index contributed by atoms with van der Waals surface area (Å²) in [7, 11) is 0. The summed E-state index contributed by atoms with van der Waals surface area (Å²) >= 11 is 0. The molecule has 0 aromatic rings. The quantitative estimate of drug-likeness (QED) is 0.671. The lowest BCUT2D eigenvalue weighted by Crippen LogP contribution is -2.29. The predicted octanol–water partition coefficient (Wildman–Crippen LogP) is 2.14. The van der Waals surface area contributed by atoms with Crippen LogP contribution in [0, 0.1) is 29.1 Å². The number of carboxylic acids is 1. The van der Waals surface area contributed by atoms with Gasteiger partial charge >= 0.3 is 5.97 Å². The molecular formula is C11H16O2. The van der Waals surface area contributed by atoms with Gasteiger partial charge in [0.05, 0.1) is 5.92 Å². The van der Waals surface area contributed by atoms with Crippen molar-refractivity contribution < 1.29 is 9.90 Å². The molecule has 1 spiro atoms. The van der Waals surface area contributed by atoms with E-state index in [2.05, 4.69) is 6.92 Å². The molecule has 0 aliphatic heterocycles. The topological polar surface area (TPSA) is 37.3 Å². The fourth-order valence-corrected chi connectivity index (χ4v) is 4.11. The summed E-state index contributed by atoms with van der Waals surface area (Å²) in [4.78, 5) is 10.9. The Morgan fingerprint density at radius 1 is 1.38 bits per heavy atom. The van der Waals surface area contributed by atoms with Crippen LogP contribution in [0.15, 0.2) is 0 Å². The number of fused-ring (bicyclic) bond motifs is 2. The van der Waals surface area contributed by atoms with Crippen molar-refractivity contribution in [1.29, 1.82) is 0 Å². The summed E-state index contributed by atoms with van der Waals surface area (Å²) in [6, 6.07) is 0. The van der Waals surface area contributed by atoms with Crippen LogP contribution in [-0.2, 0) is 4.79 Å². The molecule has 3 fully saturated rings. The average molecular weight is 180 g/mol. The minimum Gasteiger partial charge on any atom is -0.481 e. The molecule has 2 nitrogen and oxygen atoms in total. The number of rotatable bonds is 1. The second kappa shape index (κ2) is 2.10. The van der Waals surface area contributed by atoms with Crippen molar-refractivity contribution in [2.45, 2.75) is 32.6 Å². The van der Waals surface area contributed by atoms with Crippen LogP contribution in [0.3, 0.4) is 0 Å². The summed E-state index contributed by atoms with van der Waals surface area (Å²) in [5, 5.41) is 8.99. The third kappa shape index (κ3) is 0.773. The molecule has 0 aromatic heterocycles. The van der Waals surface area contributed by atoms with Gasteiger partial charge in [-0.15, -0.1) is 0 Å². The fourth-order valence-electron chi connectivity index (χ4n) is 4.11. The van der Waals surface area contributed by atoms with Gasteiger partial charge in [0.2, 0.25) is 0 Å². The maximum atomic E-state index is 10.9. The molecule has 0 aromatic carbocycles. The molecule has 1 N–H and O–H groups in total. The largest absolute Gasteiger partial charge is 0.481 e. The van der Waals surface area contributed by atoms with Crippen LogP contribution in [0.4, 0.5) is 0 Å². The van der Waals surface area contributed by atoms with E-state index in [1.165, 1.54) is 19.3 Å². The molecule has 3 saturated carbocycles. The number of hydrogen-bond acceptors (Lipinski definition) is 1. The Hall–Kier alpha value is -0.530. The molecule has 3 aliphatic carbocycles. The van der Waals surface area contributed by atoms with Crippen molar-refractivity contribution >= 4 is 5.97 Å². The molecule has 0 saturated heterocycles. The van der Waals surface area contributed by atoms with Crippen LogP contribution in [0.1, 0.15) is 32.6 Å². The minimum atomic E-state index is -0.542. The lowest BCUT2D eigenvalue weighted by Gasteiger charge is -2.36. The number of hydrogen-bond donors (Lipinski definition) is 1. The first kappa shape index (κ1) is 7.84. The zero-order valence-corrected chi connectivity index (χ0v) is 7.99. The average Bonchev–Trinajstić information content (AvgIpc) is 2.55. The Labute approximate surface area is 78.3 Å². The second-order valence-corrected chi connectivity index (χ2v) is 5.36. The molecule has 2 heteroatoms. The Morgan fingerprint density at radius 2 is 2.15 bits per heavy atom. The zero-order valence-electron chi connectivity index (χ0n) is 7.99. The van der Waals surface area contributed by atoms with E-state index in [0.29, 0.717) is 0 Å². The van der Waals surface area contributed by atoms with E-state index in [-0.39, 0.29) is 11.3 Å². The normalized spacial score (nSPS) is 57.3. The van der Waals surface area contributed by atoms with Crippen LogP contribution >= 0.6 is 0 Å². The first-order valence-electron chi connectivity index (χ1n) is 5.38. The highest BCUT2D eigenvalue weighted by atomic mass is 16.4. The van der Waals surface area contributed by atoms with Gasteiger partial charge in [-0.25, -0.2) is 0 Å². The van der Waals surface area contributed by atoms with Crippen LogP contribution < -0.4 is 0 Å². The number of aliphatic carboxylic acids is 1. The number of carbonyl (C=O) groups is 1. The van der Waals surface area contributed by atoms with Crippen molar-refractivity contribution in [3.05, 3.63) is 0 Å². The van der Waals surface area contributed by atoms with E-state index in [9.17, 15) is 4.79 Å². The maximum Gasteiger partial charge on any atom is 0.307 e. The van der Waals surface area contributed by atoms with E-state index in [4.69, 9.17) is 5.11 Å². The molecule has 0 radical (unpaired) electrons. The molecule has 0 bridgehead atoms. The third-order valence-electron chi connectivity index (χ3n) is 4.92. The van der Waals surface area contributed by atoms with Gasteiger partial charge in [0.25, 0.3) is 0 Å². The second-order valence-electron chi connectivity index (χ2n) is 5.36. The minimum absolute atomic E-state index is 0.0187. The summed E-state index contributed by atoms with van der Waals surface area (Å²) in [6.07, 6.45) is 4.84. The van der Waals surface area contributed by atoms with E-state index in [1.807, 2.05) is 0 Å². The molecule has 0 heterocycles. The highest BCUT2D eigenvalue weighted by molar-refractivity contribution is 5.75. The van der Waals surface area contributed by atoms with E-state index in [0.717, 1.165) is 24.2 Å². The summed E-state index contributed by atoms with van der Waals surface area (Å²) < 4.78 is 0. The van der Waals surface area contributed by atoms with Crippen molar-refractivity contribution in [2.75, 3.05) is 0 Å². The molecule has 5 unspecified atom stereocenters. The summed E-state index contributed by atoms with van der Waals surface area (Å²) in [5.74, 6) is 1.93. The lowest BCUT2D eigenvalue weighted by molar-refractivity contribution is -0.139. The Kier molecular flexibility index (Phi) is 1.27. The van der Waals surface area contributed by atoms with Gasteiger partial charge < -0.3 is 5.11 Å². The van der Waals surface area contributed by atoms with Crippen molar-refractivity contribution in [3.63, 3.8) is 0 Å². The first-order valence-corrected chi connectivity index (χ1v) is 5.38. The van der Waals surface area contributed by atoms with Crippen molar-refractivity contribution in [2.24, 2.45) is 29.1 Å². The SMILES string of the molecule is CC1CC2(CC2C(=O)O)C2CCC12. The molecule has 0 amide bonds. The Balaban J connectivity index is 1.84. The van der Waals surface area contributed by atoms with E-state index in [1.54, 1.807) is 0 Å². The van der Waals surface area contributed by atoms with Crippen LogP contribution in [0.25, 0.3) is 0 Å². The van der Waals surface area contributed by atoms with Gasteiger partial charge in [-0.1, -0.05) is 6.92 Å². The first-order chi connectivity index (χ1) is 6.15. The van der Waals surface area contributed by atoms with Gasteiger partial charge in [-0.3, -0.25) is 4.79 Å². The van der Waals surface area contributed by atoms with Crippen LogP contribution in [0.5, 0.6) is 0 Å². The summed E-state index contributed by atoms with van der Waals surface area (Å²) in [6.45, 7) is 2.31. The van der Waals surface area contributed by atoms with Crippen molar-refractivity contribution in [1.82, 2.24) is 0 Å². The smallest absolute Gasteiger partial charge is 0.307 e. The Bertz CT molecular complexity index is 273. The lowest BCUT2D eigenvalue weighted by atomic mass is 9.69. The highest BCUT2D eigenvalue weighted by Crippen LogP contribution is 2.73. The third-order valence-corrected chi connectivity index (χ3v) is 4.92. The Morgan fingerprint density at radius 3 is 2.54 bits per heavy atom. The molecule has 13 heavy (non-hydrogen) atoms. The van der Waals surface area contributed by atoms with Gasteiger partial charge in [-0.2, -0.15) is 0 Å². The molecule has 5 atom stereocenters. The van der Waals surface area contributed by atoms with Gasteiger partial charge in [0.15, 0.2) is 0 Å². The fraction of sp³-hybridized carbons (Fsp3) is 0.909. The van der Waals surface area contributed by atoms with Gasteiger partial charge in [0, 0.05) is 0 Å². The molecule has 72 valence electrons. The standard InChI is InChI=1S/C11H16O2/c1-6-4-11(5-9(11)10(12)13)8-3-2-7(6)8/h6-9H,2-5H2,1H3,(H,12,13). The highest BCUT2D eigenvalue weighted by Gasteiger charge is 2.69. The molecule has 3 rings (SSSR count). The zero-order chi connectivity index (χ0) is 9.22. The van der Waals surface area contributed by atoms with Gasteiger partial charge in [-0.05, 0) is 48.9 Å². The molecular weight excluding hydrogens is 164 g/mol. The predicted molar refractivity (Wildman–Crippen MR) is 48.2 cm³/mol. The maximum absolute atomic E-state index is 10.9. The van der Waals surface area contributed by atoms with Crippen LogP contribution in [-0.4, -0.2) is 11.1 Å². The van der Waals surface area contributed by atoms with E-state index < -0.39 is 5.97 Å².